The molecule has 0 aliphatic carbocycles. The largest absolute Gasteiger partial charge is 0.487 e. The number of nitrogens with one attached hydrogen (secondary N) is 1. The van der Waals surface area contributed by atoms with Gasteiger partial charge in [-0.05, 0) is 62.2 Å². The standard InChI is InChI=1S/C29H24Cl2N4O4S/c1-18-10-11-20-6-3-9-25(28(20)33-18)39-17-22-23(30)12-13-26(27(22)31)40(37,38)35-14-4-8-24(35)29(36)34-21-7-2-5-19(15-21)16-32/h2-3,5-7,9-13,15,24H,4,8,14,17H2,1H3,(H,34,36). The second-order valence-electron chi connectivity index (χ2n) is 9.36. The van der Waals surface area contributed by atoms with Gasteiger partial charge < -0.3 is 10.1 Å². The molecule has 11 heteroatoms. The molecule has 2 heterocycles. The van der Waals surface area contributed by atoms with Gasteiger partial charge in [-0.2, -0.15) is 9.57 Å². The van der Waals surface area contributed by atoms with E-state index in [1.807, 2.05) is 37.3 Å². The number of fused-ring (bicyclic) bond motifs is 1. The van der Waals surface area contributed by atoms with Crippen molar-refractivity contribution in [3.05, 3.63) is 93.6 Å². The number of nitrogens with zero attached hydrogens (tertiary/aromatic N) is 3. The van der Waals surface area contributed by atoms with Crippen molar-refractivity contribution in [2.75, 3.05) is 11.9 Å². The molecule has 4 aromatic rings. The van der Waals surface area contributed by atoms with Crippen LogP contribution in [-0.4, -0.2) is 36.2 Å². The first-order valence-corrected chi connectivity index (χ1v) is 14.7. The maximum atomic E-state index is 13.8. The molecule has 1 aromatic heterocycles. The summed E-state index contributed by atoms with van der Waals surface area (Å²) in [4.78, 5) is 17.5. The van der Waals surface area contributed by atoms with E-state index in [4.69, 9.17) is 33.2 Å². The maximum absolute atomic E-state index is 13.8. The summed E-state index contributed by atoms with van der Waals surface area (Å²) in [6.45, 7) is 1.95. The fraction of sp³-hybridized carbons (Fsp3) is 0.207. The number of rotatable bonds is 7. The van der Waals surface area contributed by atoms with Gasteiger partial charge in [-0.1, -0.05) is 47.5 Å². The van der Waals surface area contributed by atoms with Gasteiger partial charge in [-0.25, -0.2) is 13.4 Å². The number of sulfonamides is 1. The first kappa shape index (κ1) is 27.9. The Kier molecular flexibility index (Phi) is 7.97. The lowest BCUT2D eigenvalue weighted by Crippen LogP contribution is -2.43. The predicted octanol–water partition coefficient (Wildman–Crippen LogP) is 6.09. The highest BCUT2D eigenvalue weighted by molar-refractivity contribution is 7.89. The molecular weight excluding hydrogens is 571 g/mol. The van der Waals surface area contributed by atoms with E-state index in [-0.39, 0.29) is 28.1 Å². The number of anilines is 1. The van der Waals surface area contributed by atoms with E-state index in [9.17, 15) is 13.2 Å². The number of ether oxygens (including phenoxy) is 1. The summed E-state index contributed by atoms with van der Waals surface area (Å²) in [5.74, 6) is 0.0295. The second kappa shape index (κ2) is 11.4. The number of para-hydroxylation sites is 1. The normalized spacial score (nSPS) is 15.6. The Hall–Kier alpha value is -3.68. The number of halogens is 2. The van der Waals surface area contributed by atoms with Crippen LogP contribution in [0.4, 0.5) is 5.69 Å². The Balaban J connectivity index is 1.40. The van der Waals surface area contributed by atoms with Crippen molar-refractivity contribution < 1.29 is 17.9 Å². The summed E-state index contributed by atoms with van der Waals surface area (Å²) in [6, 6.07) is 19.7. The number of benzene rings is 3. The number of carbonyl (C=O) groups is 1. The molecule has 0 bridgehead atoms. The Morgan fingerprint density at radius 2 is 1.95 bits per heavy atom. The van der Waals surface area contributed by atoms with Crippen molar-refractivity contribution >= 4 is 55.7 Å². The lowest BCUT2D eigenvalue weighted by Gasteiger charge is -2.24. The Morgan fingerprint density at radius 1 is 1.15 bits per heavy atom. The summed E-state index contributed by atoms with van der Waals surface area (Å²) in [6.07, 6.45) is 0.849. The van der Waals surface area contributed by atoms with Gasteiger partial charge in [0, 0.05) is 33.9 Å². The van der Waals surface area contributed by atoms with Crippen LogP contribution in [0.1, 0.15) is 29.7 Å². The highest BCUT2D eigenvalue weighted by atomic mass is 35.5. The van der Waals surface area contributed by atoms with Crippen molar-refractivity contribution in [1.29, 1.82) is 5.26 Å². The minimum absolute atomic E-state index is 0.0651. The summed E-state index contributed by atoms with van der Waals surface area (Å²) in [5, 5.41) is 12.9. The molecule has 0 saturated carbocycles. The molecule has 1 aliphatic heterocycles. The summed E-state index contributed by atoms with van der Waals surface area (Å²) in [5.41, 5.74) is 2.60. The van der Waals surface area contributed by atoms with Crippen LogP contribution in [0.2, 0.25) is 10.0 Å². The first-order valence-electron chi connectivity index (χ1n) is 12.5. The third kappa shape index (κ3) is 5.49. The smallest absolute Gasteiger partial charge is 0.245 e. The number of aromatic nitrogens is 1. The number of carbonyl (C=O) groups excluding carboxylic acids is 1. The quantitative estimate of drug-likeness (QED) is 0.277. The topological polar surface area (TPSA) is 112 Å². The third-order valence-corrected chi connectivity index (χ3v) is 9.55. The van der Waals surface area contributed by atoms with Crippen LogP contribution >= 0.6 is 23.2 Å². The van der Waals surface area contributed by atoms with Crippen LogP contribution in [0.3, 0.4) is 0 Å². The highest BCUT2D eigenvalue weighted by Crippen LogP contribution is 2.36. The van der Waals surface area contributed by atoms with Gasteiger partial charge >= 0.3 is 0 Å². The zero-order chi connectivity index (χ0) is 28.4. The van der Waals surface area contributed by atoms with Crippen LogP contribution in [0, 0.1) is 18.3 Å². The lowest BCUT2D eigenvalue weighted by molar-refractivity contribution is -0.119. The average molecular weight is 596 g/mol. The fourth-order valence-corrected chi connectivity index (χ4v) is 7.22. The molecule has 204 valence electrons. The molecule has 40 heavy (non-hydrogen) atoms. The molecule has 1 fully saturated rings. The minimum Gasteiger partial charge on any atom is -0.487 e. The molecule has 8 nitrogen and oxygen atoms in total. The third-order valence-electron chi connectivity index (χ3n) is 6.70. The van der Waals surface area contributed by atoms with Crippen molar-refractivity contribution in [2.24, 2.45) is 0 Å². The number of pyridine rings is 1. The van der Waals surface area contributed by atoms with E-state index in [1.54, 1.807) is 24.3 Å². The molecular formula is C29H24Cl2N4O4S. The van der Waals surface area contributed by atoms with Gasteiger partial charge in [0.25, 0.3) is 0 Å². The van der Waals surface area contributed by atoms with Crippen molar-refractivity contribution in [2.45, 2.75) is 37.3 Å². The van der Waals surface area contributed by atoms with E-state index < -0.39 is 22.0 Å². The van der Waals surface area contributed by atoms with E-state index >= 15 is 0 Å². The molecule has 1 unspecified atom stereocenters. The van der Waals surface area contributed by atoms with Crippen LogP contribution in [0.15, 0.2) is 71.6 Å². The average Bonchev–Trinajstić information content (AvgIpc) is 3.44. The monoisotopic (exact) mass is 594 g/mol. The van der Waals surface area contributed by atoms with E-state index in [0.29, 0.717) is 40.9 Å². The minimum atomic E-state index is -4.17. The Bertz CT molecular complexity index is 1770. The molecule has 1 aliphatic rings. The van der Waals surface area contributed by atoms with Crippen LogP contribution in [0.5, 0.6) is 5.75 Å². The fourth-order valence-electron chi connectivity index (χ4n) is 4.70. The zero-order valence-electron chi connectivity index (χ0n) is 21.4. The number of hydrogen-bond donors (Lipinski definition) is 1. The Morgan fingerprint density at radius 3 is 2.75 bits per heavy atom. The number of nitriles is 1. The molecule has 0 radical (unpaired) electrons. The molecule has 1 amide bonds. The van der Waals surface area contributed by atoms with E-state index in [1.165, 1.54) is 18.2 Å². The van der Waals surface area contributed by atoms with Gasteiger partial charge in [0.05, 0.1) is 16.7 Å². The number of amides is 1. The van der Waals surface area contributed by atoms with Crippen LogP contribution < -0.4 is 10.1 Å². The van der Waals surface area contributed by atoms with Crippen molar-refractivity contribution in [3.8, 4) is 11.8 Å². The van der Waals surface area contributed by atoms with Gasteiger partial charge in [0.1, 0.15) is 28.8 Å². The molecule has 1 N–H and O–H groups in total. The maximum Gasteiger partial charge on any atom is 0.245 e. The van der Waals surface area contributed by atoms with Gasteiger partial charge in [-0.15, -0.1) is 0 Å². The summed E-state index contributed by atoms with van der Waals surface area (Å²) >= 11 is 13.1. The van der Waals surface area contributed by atoms with Gasteiger partial charge in [0.2, 0.25) is 15.9 Å². The lowest BCUT2D eigenvalue weighted by atomic mass is 10.2. The molecule has 1 saturated heterocycles. The van der Waals surface area contributed by atoms with Crippen molar-refractivity contribution in [3.63, 3.8) is 0 Å². The van der Waals surface area contributed by atoms with E-state index in [0.717, 1.165) is 15.4 Å². The van der Waals surface area contributed by atoms with E-state index in [2.05, 4.69) is 10.3 Å². The predicted molar refractivity (Wildman–Crippen MR) is 154 cm³/mol. The molecule has 3 aromatic carbocycles. The van der Waals surface area contributed by atoms with Crippen LogP contribution in [-0.2, 0) is 21.4 Å². The van der Waals surface area contributed by atoms with Gasteiger partial charge in [-0.3, -0.25) is 4.79 Å². The SMILES string of the molecule is Cc1ccc2cccc(OCc3c(Cl)ccc(S(=O)(=O)N4CCCC4C(=O)Nc4cccc(C#N)c4)c3Cl)c2n1. The number of hydrogen-bond acceptors (Lipinski definition) is 6. The van der Waals surface area contributed by atoms with Gasteiger partial charge in [0.15, 0.2) is 0 Å². The Labute approximate surface area is 242 Å². The molecule has 0 spiro atoms. The second-order valence-corrected chi connectivity index (χ2v) is 12.0. The molecule has 5 rings (SSSR count). The zero-order valence-corrected chi connectivity index (χ0v) is 23.7. The van der Waals surface area contributed by atoms with Crippen LogP contribution in [0.25, 0.3) is 10.9 Å². The number of aryl methyl sites for hydroxylation is 1. The summed E-state index contributed by atoms with van der Waals surface area (Å²) in [7, 11) is -4.17. The summed E-state index contributed by atoms with van der Waals surface area (Å²) < 4.78 is 34.8. The highest BCUT2D eigenvalue weighted by Gasteiger charge is 2.40. The molecule has 1 atom stereocenters. The first-order chi connectivity index (χ1) is 19.2. The van der Waals surface area contributed by atoms with Crippen molar-refractivity contribution in [1.82, 2.24) is 9.29 Å².